The smallest absolute Gasteiger partial charge is 0.333 e. The molecule has 1 fully saturated rings. The molecule has 1 amide bonds. The Kier molecular flexibility index (Phi) is 5.53. The summed E-state index contributed by atoms with van der Waals surface area (Å²) >= 11 is 0. The first-order chi connectivity index (χ1) is 15.1. The van der Waals surface area contributed by atoms with E-state index in [1.165, 1.54) is 10.9 Å². The Morgan fingerprint density at radius 1 is 1.19 bits per heavy atom. The minimum absolute atomic E-state index is 0.00471. The third-order valence-corrected chi connectivity index (χ3v) is 7.66. The van der Waals surface area contributed by atoms with Gasteiger partial charge in [0.1, 0.15) is 6.54 Å². The minimum Gasteiger partial charge on any atom is -0.348 e. The Balaban J connectivity index is 1.75. The molecule has 1 N–H and O–H groups in total. The average molecular weight is 460 g/mol. The van der Waals surface area contributed by atoms with Gasteiger partial charge in [0, 0.05) is 6.54 Å². The lowest BCUT2D eigenvalue weighted by Gasteiger charge is -2.24. The molecule has 1 aromatic carbocycles. The van der Waals surface area contributed by atoms with E-state index in [1.54, 1.807) is 11.5 Å². The molecule has 170 valence electrons. The van der Waals surface area contributed by atoms with E-state index in [1.807, 2.05) is 37.3 Å². The van der Waals surface area contributed by atoms with E-state index in [0.29, 0.717) is 6.54 Å². The Labute approximate surface area is 184 Å². The van der Waals surface area contributed by atoms with Crippen molar-refractivity contribution in [2.75, 3.05) is 11.5 Å². The van der Waals surface area contributed by atoms with E-state index in [4.69, 9.17) is 0 Å². The van der Waals surface area contributed by atoms with Crippen molar-refractivity contribution in [2.24, 2.45) is 0 Å². The van der Waals surface area contributed by atoms with Crippen LogP contribution in [0, 0.1) is 0 Å². The van der Waals surface area contributed by atoms with Gasteiger partial charge in [-0.1, -0.05) is 30.3 Å². The fraction of sp³-hybridized carbons (Fsp3) is 0.429. The normalized spacial score (nSPS) is 19.9. The lowest BCUT2D eigenvalue weighted by atomic mass is 10.0. The number of nitrogens with zero attached hydrogens (tertiary/aromatic N) is 4. The van der Waals surface area contributed by atoms with Crippen LogP contribution in [0.2, 0.25) is 0 Å². The van der Waals surface area contributed by atoms with Crippen molar-refractivity contribution in [2.45, 2.75) is 45.4 Å². The second-order valence-electron chi connectivity index (χ2n) is 8.40. The molecule has 3 aromatic rings. The predicted molar refractivity (Wildman–Crippen MR) is 119 cm³/mol. The van der Waals surface area contributed by atoms with E-state index < -0.39 is 39.1 Å². The molecule has 10 nitrogen and oxygen atoms in total. The van der Waals surface area contributed by atoms with Crippen LogP contribution < -0.4 is 16.6 Å². The molecule has 1 atom stereocenters. The highest BCUT2D eigenvalue weighted by atomic mass is 32.2. The van der Waals surface area contributed by atoms with E-state index in [9.17, 15) is 22.8 Å². The highest BCUT2D eigenvalue weighted by molar-refractivity contribution is 7.91. The van der Waals surface area contributed by atoms with Crippen LogP contribution in [0.3, 0.4) is 0 Å². The number of imidazole rings is 1. The van der Waals surface area contributed by atoms with Crippen LogP contribution >= 0.6 is 0 Å². The molecule has 1 aliphatic rings. The summed E-state index contributed by atoms with van der Waals surface area (Å²) in [5, 5.41) is 2.71. The molecule has 4 rings (SSSR count). The summed E-state index contributed by atoms with van der Waals surface area (Å²) in [6.07, 6.45) is 1.79. The zero-order valence-corrected chi connectivity index (χ0v) is 18.8. The third kappa shape index (κ3) is 4.12. The van der Waals surface area contributed by atoms with Crippen LogP contribution in [0.1, 0.15) is 25.8 Å². The summed E-state index contributed by atoms with van der Waals surface area (Å²) in [4.78, 5) is 43.5. The van der Waals surface area contributed by atoms with Crippen molar-refractivity contribution < 1.29 is 13.2 Å². The van der Waals surface area contributed by atoms with Crippen LogP contribution in [-0.4, -0.2) is 50.1 Å². The summed E-state index contributed by atoms with van der Waals surface area (Å²) in [7, 11) is -3.22. The quantitative estimate of drug-likeness (QED) is 0.558. The molecule has 0 saturated carbocycles. The Hall–Kier alpha value is -3.21. The molecule has 11 heteroatoms. The number of sulfone groups is 1. The minimum atomic E-state index is -3.22. The fourth-order valence-corrected chi connectivity index (χ4v) is 6.25. The first-order valence-corrected chi connectivity index (χ1v) is 12.2. The molecule has 2 aromatic heterocycles. The number of nitrogens with one attached hydrogen (secondary N) is 1. The molecular weight excluding hydrogens is 434 g/mol. The first-order valence-electron chi connectivity index (χ1n) is 10.4. The van der Waals surface area contributed by atoms with Gasteiger partial charge in [0.2, 0.25) is 5.91 Å². The first kappa shape index (κ1) is 22.0. The van der Waals surface area contributed by atoms with Crippen molar-refractivity contribution in [1.82, 2.24) is 24.0 Å². The highest BCUT2D eigenvalue weighted by Gasteiger charge is 2.39. The molecule has 32 heavy (non-hydrogen) atoms. The van der Waals surface area contributed by atoms with Crippen molar-refractivity contribution in [3.8, 4) is 0 Å². The summed E-state index contributed by atoms with van der Waals surface area (Å²) in [6, 6.07) is 9.28. The fourth-order valence-electron chi connectivity index (χ4n) is 4.16. The second-order valence-corrected chi connectivity index (χ2v) is 10.6. The predicted octanol–water partition coefficient (Wildman–Crippen LogP) is 0.121. The van der Waals surface area contributed by atoms with Crippen LogP contribution in [0.5, 0.6) is 0 Å². The van der Waals surface area contributed by atoms with Crippen molar-refractivity contribution in [3.63, 3.8) is 0 Å². The Morgan fingerprint density at radius 3 is 2.53 bits per heavy atom. The zero-order valence-electron chi connectivity index (χ0n) is 17.9. The summed E-state index contributed by atoms with van der Waals surface area (Å²) < 4.78 is 27.6. The average Bonchev–Trinajstić information content (AvgIpc) is 3.29. The maximum absolute atomic E-state index is 13.3. The lowest BCUT2D eigenvalue weighted by Crippen LogP contribution is -2.51. The number of aryl methyl sites for hydroxylation is 1. The SMILES string of the molecule is CCn1cnc2c1c(=O)n(CC(=O)N[C@]1(C)CCS(=O)(=O)C1)c(=O)n2Cc1ccccc1. The molecule has 0 spiro atoms. The number of fused-ring (bicyclic) bond motifs is 1. The summed E-state index contributed by atoms with van der Waals surface area (Å²) in [5.41, 5.74) is -0.820. The van der Waals surface area contributed by atoms with Crippen molar-refractivity contribution in [3.05, 3.63) is 63.1 Å². The number of carbonyl (C=O) groups is 1. The van der Waals surface area contributed by atoms with Crippen molar-refractivity contribution in [1.29, 1.82) is 0 Å². The van der Waals surface area contributed by atoms with Gasteiger partial charge in [-0.3, -0.25) is 14.2 Å². The van der Waals surface area contributed by atoms with Gasteiger partial charge in [-0.05, 0) is 25.8 Å². The van der Waals surface area contributed by atoms with Gasteiger partial charge < -0.3 is 9.88 Å². The van der Waals surface area contributed by atoms with Gasteiger partial charge in [-0.25, -0.2) is 22.8 Å². The van der Waals surface area contributed by atoms with Gasteiger partial charge in [0.25, 0.3) is 5.56 Å². The van der Waals surface area contributed by atoms with Crippen LogP contribution in [0.15, 0.2) is 46.2 Å². The molecule has 0 aliphatic carbocycles. The molecule has 0 unspecified atom stereocenters. The largest absolute Gasteiger partial charge is 0.348 e. The third-order valence-electron chi connectivity index (χ3n) is 5.75. The van der Waals surface area contributed by atoms with E-state index in [0.717, 1.165) is 10.1 Å². The number of hydrogen-bond donors (Lipinski definition) is 1. The van der Waals surface area contributed by atoms with Crippen LogP contribution in [0.25, 0.3) is 11.2 Å². The highest BCUT2D eigenvalue weighted by Crippen LogP contribution is 2.22. The standard InChI is InChI=1S/C21H25N5O5S/c1-3-24-14-22-18-17(24)19(28)26(20(29)25(18)11-15-7-5-4-6-8-15)12-16(27)23-21(2)9-10-32(30,31)13-21/h4-8,14H,3,9-13H2,1-2H3,(H,23,27)/t21-/m1/s1. The second kappa shape index (κ2) is 8.05. The molecule has 0 bridgehead atoms. The van der Waals surface area contributed by atoms with Gasteiger partial charge >= 0.3 is 5.69 Å². The number of benzene rings is 1. The van der Waals surface area contributed by atoms with Gasteiger partial charge in [0.15, 0.2) is 21.0 Å². The van der Waals surface area contributed by atoms with Crippen molar-refractivity contribution >= 4 is 26.9 Å². The number of amides is 1. The zero-order chi connectivity index (χ0) is 23.1. The molecular formula is C21H25N5O5S. The van der Waals surface area contributed by atoms with E-state index >= 15 is 0 Å². The van der Waals surface area contributed by atoms with Crippen LogP contribution in [0.4, 0.5) is 0 Å². The topological polar surface area (TPSA) is 125 Å². The van der Waals surface area contributed by atoms with Crippen LogP contribution in [-0.2, 0) is 34.3 Å². The monoisotopic (exact) mass is 459 g/mol. The lowest BCUT2D eigenvalue weighted by molar-refractivity contribution is -0.123. The maximum Gasteiger partial charge on any atom is 0.333 e. The molecule has 0 radical (unpaired) electrons. The molecule has 3 heterocycles. The van der Waals surface area contributed by atoms with Gasteiger partial charge in [-0.15, -0.1) is 0 Å². The summed E-state index contributed by atoms with van der Waals surface area (Å²) in [6.45, 7) is 3.66. The van der Waals surface area contributed by atoms with Gasteiger partial charge in [-0.2, -0.15) is 0 Å². The maximum atomic E-state index is 13.3. The summed E-state index contributed by atoms with van der Waals surface area (Å²) in [5.74, 6) is -0.757. The Bertz CT molecular complexity index is 1400. The van der Waals surface area contributed by atoms with E-state index in [-0.39, 0.29) is 35.6 Å². The Morgan fingerprint density at radius 2 is 1.91 bits per heavy atom. The number of rotatable bonds is 6. The number of hydrogen-bond acceptors (Lipinski definition) is 6. The molecule has 1 aliphatic heterocycles. The van der Waals surface area contributed by atoms with E-state index in [2.05, 4.69) is 10.3 Å². The number of aromatic nitrogens is 4. The van der Waals surface area contributed by atoms with Gasteiger partial charge in [0.05, 0.1) is 29.9 Å². The number of carbonyl (C=O) groups excluding carboxylic acids is 1. The molecule has 1 saturated heterocycles.